The first-order valence-electron chi connectivity index (χ1n) is 6.63. The number of hydrogen-bond acceptors (Lipinski definition) is 2. The number of hydrazine groups is 1. The molecule has 0 bridgehead atoms. The van der Waals surface area contributed by atoms with Crippen molar-refractivity contribution in [1.82, 2.24) is 10.9 Å². The van der Waals surface area contributed by atoms with Crippen LogP contribution in [0.2, 0.25) is 0 Å². The summed E-state index contributed by atoms with van der Waals surface area (Å²) < 4.78 is 37.3. The predicted molar refractivity (Wildman–Crippen MR) is 76.3 cm³/mol. The van der Waals surface area contributed by atoms with Crippen LogP contribution in [0.1, 0.15) is 22.3 Å². The molecule has 0 aromatic heterocycles. The highest BCUT2D eigenvalue weighted by Crippen LogP contribution is 2.28. The molecule has 0 radical (unpaired) electrons. The van der Waals surface area contributed by atoms with Crippen molar-refractivity contribution in [3.05, 3.63) is 70.8 Å². The topological polar surface area (TPSA) is 24.1 Å². The lowest BCUT2D eigenvalue weighted by atomic mass is 10.1. The summed E-state index contributed by atoms with van der Waals surface area (Å²) in [6, 6.07) is 13.2. The van der Waals surface area contributed by atoms with Gasteiger partial charge in [0.1, 0.15) is 0 Å². The van der Waals surface area contributed by atoms with Gasteiger partial charge in [-0.25, -0.2) is 0 Å². The third-order valence-electron chi connectivity index (χ3n) is 3.24. The minimum atomic E-state index is -4.28. The lowest BCUT2D eigenvalue weighted by molar-refractivity contribution is -0.137. The third-order valence-corrected chi connectivity index (χ3v) is 3.24. The summed E-state index contributed by atoms with van der Waals surface area (Å²) >= 11 is 0. The molecule has 0 amide bonds. The SMILES string of the molecule is Cc1ccccc1CNNCc1ccc(C(F)(F)F)cc1. The highest BCUT2D eigenvalue weighted by Gasteiger charge is 2.29. The first-order chi connectivity index (χ1) is 9.97. The minimum absolute atomic E-state index is 0.462. The van der Waals surface area contributed by atoms with Gasteiger partial charge in [0, 0.05) is 13.1 Å². The number of alkyl halides is 3. The Labute approximate surface area is 122 Å². The van der Waals surface area contributed by atoms with Crippen LogP contribution in [0.4, 0.5) is 13.2 Å². The van der Waals surface area contributed by atoms with Gasteiger partial charge in [0.2, 0.25) is 0 Å². The molecule has 0 spiro atoms. The van der Waals surface area contributed by atoms with Gasteiger partial charge in [-0.3, -0.25) is 10.9 Å². The number of aryl methyl sites for hydroxylation is 1. The average molecular weight is 294 g/mol. The fraction of sp³-hybridized carbons (Fsp3) is 0.250. The molecule has 2 rings (SSSR count). The molecule has 0 unspecified atom stereocenters. The van der Waals surface area contributed by atoms with E-state index in [9.17, 15) is 13.2 Å². The molecule has 2 aromatic carbocycles. The van der Waals surface area contributed by atoms with Crippen LogP contribution in [0.25, 0.3) is 0 Å². The van der Waals surface area contributed by atoms with Crippen molar-refractivity contribution < 1.29 is 13.2 Å². The quantitative estimate of drug-likeness (QED) is 0.647. The van der Waals surface area contributed by atoms with Gasteiger partial charge in [-0.2, -0.15) is 13.2 Å². The van der Waals surface area contributed by atoms with Gasteiger partial charge in [-0.15, -0.1) is 0 Å². The van der Waals surface area contributed by atoms with Crippen molar-refractivity contribution in [2.75, 3.05) is 0 Å². The number of halogens is 3. The summed E-state index contributed by atoms with van der Waals surface area (Å²) in [7, 11) is 0. The molecule has 0 atom stereocenters. The first-order valence-corrected chi connectivity index (χ1v) is 6.63. The Morgan fingerprint density at radius 1 is 0.857 bits per heavy atom. The lowest BCUT2D eigenvalue weighted by Crippen LogP contribution is -2.30. The van der Waals surface area contributed by atoms with Crippen LogP contribution in [0.5, 0.6) is 0 Å². The van der Waals surface area contributed by atoms with E-state index in [0.29, 0.717) is 13.1 Å². The fourth-order valence-electron chi connectivity index (χ4n) is 1.94. The molecule has 2 aromatic rings. The number of nitrogens with one attached hydrogen (secondary N) is 2. The van der Waals surface area contributed by atoms with Crippen molar-refractivity contribution in [2.24, 2.45) is 0 Å². The van der Waals surface area contributed by atoms with E-state index < -0.39 is 11.7 Å². The molecule has 2 N–H and O–H groups in total. The van der Waals surface area contributed by atoms with Gasteiger partial charge < -0.3 is 0 Å². The van der Waals surface area contributed by atoms with E-state index in [0.717, 1.165) is 17.7 Å². The molecular formula is C16H17F3N2. The van der Waals surface area contributed by atoms with Gasteiger partial charge in [0.05, 0.1) is 5.56 Å². The Bertz CT molecular complexity index is 577. The molecule has 0 aliphatic carbocycles. The zero-order valence-corrected chi connectivity index (χ0v) is 11.7. The zero-order chi connectivity index (χ0) is 15.3. The summed E-state index contributed by atoms with van der Waals surface area (Å²) in [5.41, 5.74) is 8.61. The van der Waals surface area contributed by atoms with E-state index in [1.54, 1.807) is 0 Å². The van der Waals surface area contributed by atoms with E-state index in [2.05, 4.69) is 10.9 Å². The zero-order valence-electron chi connectivity index (χ0n) is 11.7. The molecular weight excluding hydrogens is 277 g/mol. The molecule has 0 aliphatic heterocycles. The van der Waals surface area contributed by atoms with Crippen molar-refractivity contribution in [3.8, 4) is 0 Å². The third kappa shape index (κ3) is 4.58. The van der Waals surface area contributed by atoms with Crippen molar-refractivity contribution in [3.63, 3.8) is 0 Å². The second kappa shape index (κ2) is 6.74. The Morgan fingerprint density at radius 3 is 2.10 bits per heavy atom. The molecule has 0 fully saturated rings. The van der Waals surface area contributed by atoms with E-state index in [-0.39, 0.29) is 0 Å². The van der Waals surface area contributed by atoms with Gasteiger partial charge in [-0.1, -0.05) is 36.4 Å². The van der Waals surface area contributed by atoms with E-state index >= 15 is 0 Å². The first kappa shape index (κ1) is 15.5. The minimum Gasteiger partial charge on any atom is -0.253 e. The van der Waals surface area contributed by atoms with Gasteiger partial charge >= 0.3 is 6.18 Å². The largest absolute Gasteiger partial charge is 0.416 e. The summed E-state index contributed by atoms with van der Waals surface area (Å²) in [5.74, 6) is 0. The number of benzene rings is 2. The molecule has 2 nitrogen and oxygen atoms in total. The monoisotopic (exact) mass is 294 g/mol. The van der Waals surface area contributed by atoms with Gasteiger partial charge in [-0.05, 0) is 35.7 Å². The Kier molecular flexibility index (Phi) is 4.98. The van der Waals surface area contributed by atoms with Crippen LogP contribution in [0.15, 0.2) is 48.5 Å². The standard InChI is InChI=1S/C16H17F3N2/c1-12-4-2-3-5-14(12)11-21-20-10-13-6-8-15(9-7-13)16(17,18)19/h2-9,20-21H,10-11H2,1H3. The van der Waals surface area contributed by atoms with E-state index in [1.165, 1.54) is 23.3 Å². The predicted octanol–water partition coefficient (Wildman–Crippen LogP) is 3.81. The van der Waals surface area contributed by atoms with Crippen molar-refractivity contribution in [2.45, 2.75) is 26.2 Å². The smallest absolute Gasteiger partial charge is 0.253 e. The van der Waals surface area contributed by atoms with Crippen LogP contribution < -0.4 is 10.9 Å². The maximum atomic E-state index is 12.4. The molecule has 112 valence electrons. The normalized spacial score (nSPS) is 11.6. The summed E-state index contributed by atoms with van der Waals surface area (Å²) in [6.07, 6.45) is -4.28. The molecule has 0 aliphatic rings. The number of rotatable bonds is 5. The second-order valence-corrected chi connectivity index (χ2v) is 4.83. The van der Waals surface area contributed by atoms with E-state index in [1.807, 2.05) is 31.2 Å². The highest BCUT2D eigenvalue weighted by molar-refractivity contribution is 5.26. The van der Waals surface area contributed by atoms with E-state index in [4.69, 9.17) is 0 Å². The van der Waals surface area contributed by atoms with Crippen LogP contribution in [0, 0.1) is 6.92 Å². The molecule has 0 saturated heterocycles. The maximum absolute atomic E-state index is 12.4. The van der Waals surface area contributed by atoms with Crippen molar-refractivity contribution in [1.29, 1.82) is 0 Å². The summed E-state index contributed by atoms with van der Waals surface area (Å²) in [5, 5.41) is 0. The van der Waals surface area contributed by atoms with Crippen molar-refractivity contribution >= 4 is 0 Å². The molecule has 5 heteroatoms. The van der Waals surface area contributed by atoms with Crippen LogP contribution in [0.3, 0.4) is 0 Å². The summed E-state index contributed by atoms with van der Waals surface area (Å²) in [4.78, 5) is 0. The van der Waals surface area contributed by atoms with Crippen LogP contribution in [-0.4, -0.2) is 0 Å². The Morgan fingerprint density at radius 2 is 1.48 bits per heavy atom. The molecule has 0 heterocycles. The molecule has 0 saturated carbocycles. The van der Waals surface area contributed by atoms with Crippen LogP contribution in [-0.2, 0) is 19.3 Å². The van der Waals surface area contributed by atoms with Crippen LogP contribution >= 0.6 is 0 Å². The maximum Gasteiger partial charge on any atom is 0.416 e. The van der Waals surface area contributed by atoms with Gasteiger partial charge in [0.15, 0.2) is 0 Å². The second-order valence-electron chi connectivity index (χ2n) is 4.83. The highest BCUT2D eigenvalue weighted by atomic mass is 19.4. The average Bonchev–Trinajstić information content (AvgIpc) is 2.45. The molecule has 21 heavy (non-hydrogen) atoms. The Balaban J connectivity index is 1.80. The lowest BCUT2D eigenvalue weighted by Gasteiger charge is -2.10. The Hall–Kier alpha value is -1.85. The fourth-order valence-corrected chi connectivity index (χ4v) is 1.94. The summed E-state index contributed by atoms with van der Waals surface area (Å²) in [6.45, 7) is 3.16. The van der Waals surface area contributed by atoms with Gasteiger partial charge in [0.25, 0.3) is 0 Å². The number of hydrogen-bond donors (Lipinski definition) is 2.